The number of alkyl halides is 1. The standard InChI is InChI=1S/C8H15FO2/c1-3-5-8(9,6-4-2)7(10)11/h3-6H2,1-2H3,(H,10,11). The number of rotatable bonds is 5. The van der Waals surface area contributed by atoms with Crippen molar-refractivity contribution in [1.82, 2.24) is 0 Å². The van der Waals surface area contributed by atoms with Crippen LogP contribution in [0.2, 0.25) is 0 Å². The fraction of sp³-hybridized carbons (Fsp3) is 0.875. The first kappa shape index (κ1) is 10.4. The van der Waals surface area contributed by atoms with E-state index in [1.807, 2.05) is 0 Å². The van der Waals surface area contributed by atoms with Gasteiger partial charge in [-0.3, -0.25) is 0 Å². The van der Waals surface area contributed by atoms with Crippen molar-refractivity contribution >= 4 is 5.97 Å². The third kappa shape index (κ3) is 2.87. The predicted molar refractivity (Wildman–Crippen MR) is 41.3 cm³/mol. The minimum atomic E-state index is -1.98. The lowest BCUT2D eigenvalue weighted by molar-refractivity contribution is -0.152. The minimum absolute atomic E-state index is 0.121. The number of carbonyl (C=O) groups is 1. The zero-order valence-corrected chi connectivity index (χ0v) is 7.06. The topological polar surface area (TPSA) is 37.3 Å². The van der Waals surface area contributed by atoms with E-state index in [9.17, 15) is 9.18 Å². The highest BCUT2D eigenvalue weighted by Gasteiger charge is 2.36. The highest BCUT2D eigenvalue weighted by atomic mass is 19.1. The van der Waals surface area contributed by atoms with E-state index in [4.69, 9.17) is 5.11 Å². The van der Waals surface area contributed by atoms with Crippen LogP contribution in [0.15, 0.2) is 0 Å². The molecule has 0 aliphatic heterocycles. The van der Waals surface area contributed by atoms with Gasteiger partial charge in [0, 0.05) is 0 Å². The summed E-state index contributed by atoms with van der Waals surface area (Å²) in [5.41, 5.74) is -1.98. The highest BCUT2D eigenvalue weighted by molar-refractivity contribution is 5.77. The van der Waals surface area contributed by atoms with Crippen LogP contribution in [0.1, 0.15) is 39.5 Å². The van der Waals surface area contributed by atoms with Crippen LogP contribution in [0.4, 0.5) is 4.39 Å². The molecule has 0 saturated heterocycles. The first-order valence-corrected chi connectivity index (χ1v) is 3.99. The van der Waals surface area contributed by atoms with Gasteiger partial charge in [-0.2, -0.15) is 0 Å². The second-order valence-corrected chi connectivity index (χ2v) is 2.77. The molecule has 0 aliphatic rings. The van der Waals surface area contributed by atoms with Gasteiger partial charge in [0.05, 0.1) is 0 Å². The molecular weight excluding hydrogens is 147 g/mol. The third-order valence-corrected chi connectivity index (χ3v) is 1.68. The Hall–Kier alpha value is -0.600. The third-order valence-electron chi connectivity index (χ3n) is 1.68. The molecule has 0 radical (unpaired) electrons. The molecule has 0 unspecified atom stereocenters. The van der Waals surface area contributed by atoms with Gasteiger partial charge in [0.1, 0.15) is 0 Å². The number of hydrogen-bond donors (Lipinski definition) is 1. The number of hydrogen-bond acceptors (Lipinski definition) is 1. The van der Waals surface area contributed by atoms with Gasteiger partial charge in [-0.05, 0) is 12.8 Å². The quantitative estimate of drug-likeness (QED) is 0.673. The SMILES string of the molecule is CCCC(F)(CCC)C(=O)O. The molecule has 0 fully saturated rings. The Kier molecular flexibility index (Phi) is 4.08. The minimum Gasteiger partial charge on any atom is -0.479 e. The van der Waals surface area contributed by atoms with Gasteiger partial charge in [-0.15, -0.1) is 0 Å². The second kappa shape index (κ2) is 4.31. The van der Waals surface area contributed by atoms with Crippen molar-refractivity contribution < 1.29 is 14.3 Å². The average Bonchev–Trinajstić information content (AvgIpc) is 1.88. The summed E-state index contributed by atoms with van der Waals surface area (Å²) in [5, 5.41) is 8.52. The Bertz CT molecular complexity index is 128. The molecule has 0 bridgehead atoms. The predicted octanol–water partition coefficient (Wildman–Crippen LogP) is 2.38. The van der Waals surface area contributed by atoms with Gasteiger partial charge in [0.2, 0.25) is 5.67 Å². The summed E-state index contributed by atoms with van der Waals surface area (Å²) in [4.78, 5) is 10.4. The number of halogens is 1. The van der Waals surface area contributed by atoms with Crippen LogP contribution >= 0.6 is 0 Å². The van der Waals surface area contributed by atoms with Crippen molar-refractivity contribution in [1.29, 1.82) is 0 Å². The Morgan fingerprint density at radius 3 is 1.91 bits per heavy atom. The van der Waals surface area contributed by atoms with Gasteiger partial charge >= 0.3 is 5.97 Å². The summed E-state index contributed by atoms with van der Waals surface area (Å²) < 4.78 is 13.3. The Labute approximate surface area is 66.4 Å². The summed E-state index contributed by atoms with van der Waals surface area (Å²) in [6.45, 7) is 3.57. The lowest BCUT2D eigenvalue weighted by Crippen LogP contribution is -2.33. The molecule has 0 rings (SSSR count). The van der Waals surface area contributed by atoms with Crippen molar-refractivity contribution in [3.8, 4) is 0 Å². The molecule has 0 heterocycles. The van der Waals surface area contributed by atoms with E-state index in [0.29, 0.717) is 12.8 Å². The maximum atomic E-state index is 13.3. The Morgan fingerprint density at radius 1 is 1.36 bits per heavy atom. The van der Waals surface area contributed by atoms with Crippen molar-refractivity contribution in [3.63, 3.8) is 0 Å². The molecule has 1 N–H and O–H groups in total. The van der Waals surface area contributed by atoms with E-state index in [1.54, 1.807) is 13.8 Å². The first-order valence-electron chi connectivity index (χ1n) is 3.99. The van der Waals surface area contributed by atoms with E-state index in [0.717, 1.165) is 0 Å². The van der Waals surface area contributed by atoms with Crippen molar-refractivity contribution in [2.24, 2.45) is 0 Å². The maximum Gasteiger partial charge on any atom is 0.341 e. The lowest BCUT2D eigenvalue weighted by atomic mass is 9.95. The first-order chi connectivity index (χ1) is 5.06. The summed E-state index contributed by atoms with van der Waals surface area (Å²) in [5.74, 6) is -1.32. The van der Waals surface area contributed by atoms with Crippen LogP contribution in [-0.4, -0.2) is 16.7 Å². The zero-order valence-electron chi connectivity index (χ0n) is 7.06. The molecule has 11 heavy (non-hydrogen) atoms. The second-order valence-electron chi connectivity index (χ2n) is 2.77. The number of carboxylic acids is 1. The Morgan fingerprint density at radius 2 is 1.73 bits per heavy atom. The fourth-order valence-electron chi connectivity index (χ4n) is 1.13. The van der Waals surface area contributed by atoms with Crippen LogP contribution in [0, 0.1) is 0 Å². The summed E-state index contributed by atoms with van der Waals surface area (Å²) in [6, 6.07) is 0. The van der Waals surface area contributed by atoms with Gasteiger partial charge in [-0.1, -0.05) is 26.7 Å². The van der Waals surface area contributed by atoms with Crippen molar-refractivity contribution in [3.05, 3.63) is 0 Å². The van der Waals surface area contributed by atoms with E-state index in [-0.39, 0.29) is 12.8 Å². The molecule has 0 spiro atoms. The van der Waals surface area contributed by atoms with Crippen LogP contribution in [0.25, 0.3) is 0 Å². The van der Waals surface area contributed by atoms with Crippen molar-refractivity contribution in [2.45, 2.75) is 45.2 Å². The van der Waals surface area contributed by atoms with Gasteiger partial charge < -0.3 is 5.11 Å². The normalized spacial score (nSPS) is 11.5. The van der Waals surface area contributed by atoms with Crippen LogP contribution in [0.5, 0.6) is 0 Å². The fourth-order valence-corrected chi connectivity index (χ4v) is 1.13. The van der Waals surface area contributed by atoms with E-state index in [2.05, 4.69) is 0 Å². The number of carboxylic acid groups (broad SMARTS) is 1. The lowest BCUT2D eigenvalue weighted by Gasteiger charge is -2.18. The van der Waals surface area contributed by atoms with E-state index in [1.165, 1.54) is 0 Å². The van der Waals surface area contributed by atoms with Crippen LogP contribution < -0.4 is 0 Å². The number of aliphatic carboxylic acids is 1. The molecule has 0 amide bonds. The van der Waals surface area contributed by atoms with E-state index < -0.39 is 11.6 Å². The molecule has 66 valence electrons. The molecule has 3 heteroatoms. The van der Waals surface area contributed by atoms with Gasteiger partial charge in [-0.25, -0.2) is 9.18 Å². The molecule has 0 aromatic rings. The molecular formula is C8H15FO2. The molecule has 0 aromatic carbocycles. The molecule has 0 atom stereocenters. The smallest absolute Gasteiger partial charge is 0.341 e. The largest absolute Gasteiger partial charge is 0.479 e. The van der Waals surface area contributed by atoms with Crippen LogP contribution in [0.3, 0.4) is 0 Å². The molecule has 0 saturated carbocycles. The zero-order chi connectivity index (χ0) is 8.91. The maximum absolute atomic E-state index is 13.3. The van der Waals surface area contributed by atoms with Gasteiger partial charge in [0.15, 0.2) is 0 Å². The van der Waals surface area contributed by atoms with Crippen molar-refractivity contribution in [2.75, 3.05) is 0 Å². The monoisotopic (exact) mass is 162 g/mol. The van der Waals surface area contributed by atoms with Crippen LogP contribution in [-0.2, 0) is 4.79 Å². The summed E-state index contributed by atoms with van der Waals surface area (Å²) in [6.07, 6.45) is 1.39. The average molecular weight is 162 g/mol. The van der Waals surface area contributed by atoms with Gasteiger partial charge in [0.25, 0.3) is 0 Å². The van der Waals surface area contributed by atoms with E-state index >= 15 is 0 Å². The molecule has 2 nitrogen and oxygen atoms in total. The summed E-state index contributed by atoms with van der Waals surface area (Å²) >= 11 is 0. The molecule has 0 aliphatic carbocycles. The Balaban J connectivity index is 4.13. The summed E-state index contributed by atoms with van der Waals surface area (Å²) in [7, 11) is 0. The highest BCUT2D eigenvalue weighted by Crippen LogP contribution is 2.24. The molecule has 0 aromatic heterocycles.